The lowest BCUT2D eigenvalue weighted by Crippen LogP contribution is -2.31. The Balaban J connectivity index is 1.52. The van der Waals surface area contributed by atoms with Gasteiger partial charge < -0.3 is 5.73 Å². The number of nitrogen functional groups attached to an aromatic ring is 1. The number of hydrogen-bond donors (Lipinski definition) is 2. The SMILES string of the molecule is CC(C=NNC(=O)c1nnn(-c2nonc2N)c1CN1CCCCC1)=Cc1ccccc1. The minimum Gasteiger partial charge on any atom is -0.378 e. The Bertz CT molecular complexity index is 1110. The number of piperidine rings is 1. The zero-order chi connectivity index (χ0) is 22.3. The predicted molar refractivity (Wildman–Crippen MR) is 119 cm³/mol. The molecule has 1 aliphatic heterocycles. The van der Waals surface area contributed by atoms with E-state index in [4.69, 9.17) is 10.4 Å². The number of likely N-dealkylation sites (tertiary alicyclic amines) is 1. The fourth-order valence-electron chi connectivity index (χ4n) is 3.55. The third-order valence-electron chi connectivity index (χ3n) is 5.12. The first-order valence-electron chi connectivity index (χ1n) is 10.4. The van der Waals surface area contributed by atoms with Gasteiger partial charge in [0.2, 0.25) is 11.6 Å². The van der Waals surface area contributed by atoms with Crippen LogP contribution < -0.4 is 11.2 Å². The number of nitrogens with zero attached hydrogens (tertiary/aromatic N) is 7. The highest BCUT2D eigenvalue weighted by Crippen LogP contribution is 2.19. The predicted octanol–water partition coefficient (Wildman–Crippen LogP) is 2.04. The number of hydrogen-bond acceptors (Lipinski definition) is 9. The van der Waals surface area contributed by atoms with Crippen molar-refractivity contribution in [1.82, 2.24) is 35.6 Å². The fraction of sp³-hybridized carbons (Fsp3) is 0.333. The highest BCUT2D eigenvalue weighted by molar-refractivity contribution is 5.94. The number of aromatic nitrogens is 5. The molecule has 0 saturated carbocycles. The zero-order valence-electron chi connectivity index (χ0n) is 17.8. The molecule has 0 radical (unpaired) electrons. The van der Waals surface area contributed by atoms with E-state index in [0.29, 0.717) is 12.2 Å². The maximum Gasteiger partial charge on any atom is 0.293 e. The number of carbonyl (C=O) groups is 1. The molecule has 166 valence electrons. The maximum absolute atomic E-state index is 12.8. The van der Waals surface area contributed by atoms with E-state index in [2.05, 4.69) is 36.1 Å². The van der Waals surface area contributed by atoms with Crippen molar-refractivity contribution < 1.29 is 9.42 Å². The monoisotopic (exact) mass is 435 g/mol. The molecular weight excluding hydrogens is 410 g/mol. The molecule has 1 fully saturated rings. The van der Waals surface area contributed by atoms with Gasteiger partial charge in [0.1, 0.15) is 0 Å². The van der Waals surface area contributed by atoms with Crippen LogP contribution in [-0.4, -0.2) is 55.4 Å². The molecule has 3 heterocycles. The molecule has 32 heavy (non-hydrogen) atoms. The van der Waals surface area contributed by atoms with Crippen molar-refractivity contribution in [2.75, 3.05) is 18.8 Å². The van der Waals surface area contributed by atoms with Crippen LogP contribution in [0.4, 0.5) is 5.82 Å². The molecule has 4 rings (SSSR count). The summed E-state index contributed by atoms with van der Waals surface area (Å²) < 4.78 is 6.10. The van der Waals surface area contributed by atoms with Crippen molar-refractivity contribution in [3.05, 3.63) is 52.9 Å². The van der Waals surface area contributed by atoms with Gasteiger partial charge in [-0.25, -0.2) is 10.1 Å². The minimum absolute atomic E-state index is 0.0708. The second kappa shape index (κ2) is 9.96. The van der Waals surface area contributed by atoms with Crippen LogP contribution in [0.5, 0.6) is 0 Å². The number of hydrazone groups is 1. The van der Waals surface area contributed by atoms with E-state index in [1.165, 1.54) is 11.1 Å². The van der Waals surface area contributed by atoms with Gasteiger partial charge >= 0.3 is 0 Å². The molecule has 1 aliphatic rings. The molecule has 11 heteroatoms. The quantitative estimate of drug-likeness (QED) is 0.424. The van der Waals surface area contributed by atoms with Gasteiger partial charge in [-0.1, -0.05) is 48.0 Å². The fourth-order valence-corrected chi connectivity index (χ4v) is 3.55. The summed E-state index contributed by atoms with van der Waals surface area (Å²) >= 11 is 0. The molecule has 3 N–H and O–H groups in total. The largest absolute Gasteiger partial charge is 0.378 e. The molecule has 0 spiro atoms. The van der Waals surface area contributed by atoms with Crippen LogP contribution in [0.3, 0.4) is 0 Å². The average Bonchev–Trinajstić information content (AvgIpc) is 3.40. The van der Waals surface area contributed by atoms with Gasteiger partial charge in [0.15, 0.2) is 5.69 Å². The van der Waals surface area contributed by atoms with Crippen LogP contribution in [0, 0.1) is 0 Å². The summed E-state index contributed by atoms with van der Waals surface area (Å²) in [5, 5.41) is 19.6. The molecule has 0 aliphatic carbocycles. The van der Waals surface area contributed by atoms with E-state index in [1.807, 2.05) is 43.3 Å². The molecule has 3 aromatic rings. The van der Waals surface area contributed by atoms with Crippen LogP contribution in [0.2, 0.25) is 0 Å². The maximum atomic E-state index is 12.8. The highest BCUT2D eigenvalue weighted by Gasteiger charge is 2.26. The smallest absolute Gasteiger partial charge is 0.293 e. The van der Waals surface area contributed by atoms with Gasteiger partial charge in [-0.05, 0) is 54.3 Å². The first-order chi connectivity index (χ1) is 15.6. The Labute approximate surface area is 184 Å². The summed E-state index contributed by atoms with van der Waals surface area (Å²) in [7, 11) is 0. The summed E-state index contributed by atoms with van der Waals surface area (Å²) in [4.78, 5) is 15.1. The molecular formula is C21H25N9O2. The molecule has 0 atom stereocenters. The summed E-state index contributed by atoms with van der Waals surface area (Å²) in [6.07, 6.45) is 6.96. The van der Waals surface area contributed by atoms with Gasteiger partial charge in [-0.15, -0.1) is 5.10 Å². The number of amides is 1. The average molecular weight is 435 g/mol. The third-order valence-corrected chi connectivity index (χ3v) is 5.12. The lowest BCUT2D eigenvalue weighted by atomic mass is 10.1. The van der Waals surface area contributed by atoms with Crippen molar-refractivity contribution in [1.29, 1.82) is 0 Å². The number of nitrogens with one attached hydrogen (secondary N) is 1. The second-order valence-corrected chi connectivity index (χ2v) is 7.60. The van der Waals surface area contributed by atoms with E-state index < -0.39 is 5.91 Å². The number of allylic oxidation sites excluding steroid dienone is 1. The van der Waals surface area contributed by atoms with E-state index in [0.717, 1.165) is 37.1 Å². The molecule has 1 saturated heterocycles. The van der Waals surface area contributed by atoms with Crippen molar-refractivity contribution in [3.63, 3.8) is 0 Å². The van der Waals surface area contributed by atoms with Crippen molar-refractivity contribution in [2.24, 2.45) is 5.10 Å². The van der Waals surface area contributed by atoms with Crippen molar-refractivity contribution in [2.45, 2.75) is 32.7 Å². The second-order valence-electron chi connectivity index (χ2n) is 7.60. The Morgan fingerprint density at radius 1 is 1.22 bits per heavy atom. The standard InChI is InChI=1S/C21H25N9O2/c1-15(12-16-8-4-2-5-9-16)13-23-25-21(31)18-17(14-29-10-6-3-7-11-29)30(28-24-18)20-19(22)26-32-27-20/h2,4-5,8-9,12-13H,3,6-7,10-11,14H2,1H3,(H2,22,26)(H,25,31). The third kappa shape index (κ3) is 5.06. The van der Waals surface area contributed by atoms with E-state index >= 15 is 0 Å². The van der Waals surface area contributed by atoms with Crippen LogP contribution in [0.25, 0.3) is 11.9 Å². The van der Waals surface area contributed by atoms with Gasteiger partial charge in [0, 0.05) is 6.54 Å². The summed E-state index contributed by atoms with van der Waals surface area (Å²) in [6.45, 7) is 4.24. The Kier molecular flexibility index (Phi) is 6.66. The first-order valence-corrected chi connectivity index (χ1v) is 10.4. The lowest BCUT2D eigenvalue weighted by Gasteiger charge is -2.26. The van der Waals surface area contributed by atoms with Crippen molar-refractivity contribution >= 4 is 24.0 Å². The number of carbonyl (C=O) groups excluding carboxylic acids is 1. The van der Waals surface area contributed by atoms with Gasteiger partial charge in [-0.3, -0.25) is 9.69 Å². The Hall–Kier alpha value is -3.86. The normalized spacial score (nSPS) is 15.3. The molecule has 1 amide bonds. The van der Waals surface area contributed by atoms with E-state index in [1.54, 1.807) is 6.21 Å². The summed E-state index contributed by atoms with van der Waals surface area (Å²) in [6, 6.07) is 9.86. The number of rotatable bonds is 7. The number of anilines is 1. The van der Waals surface area contributed by atoms with Crippen LogP contribution in [-0.2, 0) is 6.54 Å². The Morgan fingerprint density at radius 2 is 2.00 bits per heavy atom. The number of benzene rings is 1. The van der Waals surface area contributed by atoms with Gasteiger partial charge in [-0.2, -0.15) is 9.78 Å². The first kappa shape index (κ1) is 21.4. The topological polar surface area (TPSA) is 140 Å². The minimum atomic E-state index is -0.470. The molecule has 11 nitrogen and oxygen atoms in total. The van der Waals surface area contributed by atoms with Crippen LogP contribution in [0.1, 0.15) is 47.9 Å². The van der Waals surface area contributed by atoms with E-state index in [-0.39, 0.29) is 17.3 Å². The summed E-state index contributed by atoms with van der Waals surface area (Å²) in [5.41, 5.74) is 11.0. The molecule has 0 bridgehead atoms. The lowest BCUT2D eigenvalue weighted by molar-refractivity contribution is 0.0947. The zero-order valence-corrected chi connectivity index (χ0v) is 17.8. The van der Waals surface area contributed by atoms with E-state index in [9.17, 15) is 4.79 Å². The van der Waals surface area contributed by atoms with Crippen molar-refractivity contribution in [3.8, 4) is 5.82 Å². The highest BCUT2D eigenvalue weighted by atomic mass is 16.6. The van der Waals surface area contributed by atoms with Gasteiger partial charge in [0.05, 0.1) is 11.9 Å². The van der Waals surface area contributed by atoms with Gasteiger partial charge in [0.25, 0.3) is 5.91 Å². The Morgan fingerprint density at radius 3 is 2.72 bits per heavy atom. The van der Waals surface area contributed by atoms with Crippen LogP contribution >= 0.6 is 0 Å². The number of nitrogens with two attached hydrogens (primary N) is 1. The molecule has 2 aromatic heterocycles. The summed E-state index contributed by atoms with van der Waals surface area (Å²) in [5.74, 6) is -0.197. The molecule has 1 aromatic carbocycles. The van der Waals surface area contributed by atoms with Crippen LogP contribution in [0.15, 0.2) is 45.6 Å². The molecule has 0 unspecified atom stereocenters.